The fourth-order valence-corrected chi connectivity index (χ4v) is 0.501. The molecule has 0 aromatic carbocycles. The summed E-state index contributed by atoms with van der Waals surface area (Å²) in [5, 5.41) is 20.3. The van der Waals surface area contributed by atoms with Crippen molar-refractivity contribution in [1.82, 2.24) is 5.32 Å². The van der Waals surface area contributed by atoms with Gasteiger partial charge in [-0.15, -0.1) is 0 Å². The van der Waals surface area contributed by atoms with Crippen molar-refractivity contribution in [2.24, 2.45) is 0 Å². The van der Waals surface area contributed by atoms with Gasteiger partial charge in [-0.3, -0.25) is 0 Å². The summed E-state index contributed by atoms with van der Waals surface area (Å²) in [7, 11) is 0. The van der Waals surface area contributed by atoms with Gasteiger partial charge in [0, 0.05) is 13.1 Å². The van der Waals surface area contributed by atoms with Crippen LogP contribution in [0, 0.1) is 0 Å². The largest absolute Gasteiger partial charge is 0.392 e. The Hall–Kier alpha value is -0.120. The molecule has 2 unspecified atom stereocenters. The lowest BCUT2D eigenvalue weighted by Crippen LogP contribution is -2.30. The molecule has 2 atom stereocenters. The van der Waals surface area contributed by atoms with Crippen LogP contribution >= 0.6 is 0 Å². The molecule has 0 spiro atoms. The third-order valence-electron chi connectivity index (χ3n) is 0.879. The number of aliphatic hydroxyl groups excluding tert-OH is 2. The molecule has 0 radical (unpaired) electrons. The van der Waals surface area contributed by atoms with E-state index in [1.165, 1.54) is 0 Å². The maximum atomic E-state index is 8.72. The van der Waals surface area contributed by atoms with Gasteiger partial charge in [0.2, 0.25) is 0 Å². The normalized spacial score (nSPS) is 14.7. The predicted octanol–water partition coefficient (Wildman–Crippen LogP) is 0.364. The van der Waals surface area contributed by atoms with Crippen molar-refractivity contribution in [2.45, 2.75) is 39.9 Å². The van der Waals surface area contributed by atoms with Gasteiger partial charge in [0.05, 0.1) is 12.2 Å². The van der Waals surface area contributed by atoms with Crippen LogP contribution in [-0.2, 0) is 0 Å². The topological polar surface area (TPSA) is 52.5 Å². The third kappa shape index (κ3) is 17.7. The van der Waals surface area contributed by atoms with Crippen LogP contribution in [-0.4, -0.2) is 35.5 Å². The Balaban J connectivity index is 0. The minimum atomic E-state index is -0.330. The lowest BCUT2D eigenvalue weighted by molar-refractivity contribution is 0.164. The number of aliphatic hydroxyl groups is 2. The molecule has 0 saturated carbocycles. The Morgan fingerprint density at radius 2 is 1.27 bits per heavy atom. The molecule has 70 valence electrons. The molecule has 0 saturated heterocycles. The fourth-order valence-electron chi connectivity index (χ4n) is 0.501. The van der Waals surface area contributed by atoms with E-state index in [9.17, 15) is 0 Å². The predicted molar refractivity (Wildman–Crippen MR) is 47.6 cm³/mol. The first-order valence-electron chi connectivity index (χ1n) is 4.19. The summed E-state index contributed by atoms with van der Waals surface area (Å²) in [6.45, 7) is 8.50. The van der Waals surface area contributed by atoms with E-state index in [1.807, 2.05) is 13.8 Å². The molecular weight excluding hydrogens is 142 g/mol. The van der Waals surface area contributed by atoms with E-state index in [-0.39, 0.29) is 12.2 Å². The summed E-state index contributed by atoms with van der Waals surface area (Å²) < 4.78 is 0. The van der Waals surface area contributed by atoms with Crippen molar-refractivity contribution in [1.29, 1.82) is 0 Å². The molecule has 0 fully saturated rings. The Kier molecular flexibility index (Phi) is 12.1. The highest BCUT2D eigenvalue weighted by atomic mass is 16.3. The molecular formula is C8H21NO2. The standard InChI is InChI=1S/C6H15NO2.C2H6/c1-5(8)3-7-4-6(2)9;1-2/h5-9H,3-4H2,1-2H3;1-2H3. The Morgan fingerprint density at radius 1 is 1.00 bits per heavy atom. The SMILES string of the molecule is CC.CC(O)CNCC(C)O. The van der Waals surface area contributed by atoms with Gasteiger partial charge >= 0.3 is 0 Å². The Morgan fingerprint density at radius 3 is 1.45 bits per heavy atom. The lowest BCUT2D eigenvalue weighted by atomic mass is 10.3. The van der Waals surface area contributed by atoms with Crippen LogP contribution in [0.15, 0.2) is 0 Å². The van der Waals surface area contributed by atoms with Crippen LogP contribution in [0.5, 0.6) is 0 Å². The average molecular weight is 163 g/mol. The molecule has 0 amide bonds. The van der Waals surface area contributed by atoms with Crippen molar-refractivity contribution in [2.75, 3.05) is 13.1 Å². The number of rotatable bonds is 4. The second-order valence-corrected chi connectivity index (χ2v) is 2.36. The van der Waals surface area contributed by atoms with E-state index in [0.717, 1.165) is 0 Å². The molecule has 0 aromatic heterocycles. The molecule has 0 aliphatic heterocycles. The second kappa shape index (κ2) is 9.88. The molecule has 0 rings (SSSR count). The highest BCUT2D eigenvalue weighted by Crippen LogP contribution is 1.77. The van der Waals surface area contributed by atoms with Crippen LogP contribution in [0.25, 0.3) is 0 Å². The summed E-state index contributed by atoms with van der Waals surface area (Å²) in [4.78, 5) is 0. The van der Waals surface area contributed by atoms with Gasteiger partial charge in [0.1, 0.15) is 0 Å². The highest BCUT2D eigenvalue weighted by Gasteiger charge is 1.96. The molecule has 0 aromatic rings. The van der Waals surface area contributed by atoms with Crippen molar-refractivity contribution < 1.29 is 10.2 Å². The lowest BCUT2D eigenvalue weighted by Gasteiger charge is -2.07. The summed E-state index contributed by atoms with van der Waals surface area (Å²) >= 11 is 0. The van der Waals surface area contributed by atoms with E-state index in [4.69, 9.17) is 10.2 Å². The first-order chi connectivity index (χ1) is 5.13. The smallest absolute Gasteiger partial charge is 0.0636 e. The van der Waals surface area contributed by atoms with Crippen LogP contribution in [0.1, 0.15) is 27.7 Å². The van der Waals surface area contributed by atoms with Gasteiger partial charge in [0.15, 0.2) is 0 Å². The first-order valence-corrected chi connectivity index (χ1v) is 4.19. The minimum Gasteiger partial charge on any atom is -0.392 e. The molecule has 0 aliphatic carbocycles. The minimum absolute atomic E-state index is 0.330. The summed E-state index contributed by atoms with van der Waals surface area (Å²) in [6, 6.07) is 0. The molecule has 0 bridgehead atoms. The molecule has 3 nitrogen and oxygen atoms in total. The zero-order valence-electron chi connectivity index (χ0n) is 7.96. The van der Waals surface area contributed by atoms with Crippen LogP contribution in [0.2, 0.25) is 0 Å². The van der Waals surface area contributed by atoms with Crippen LogP contribution < -0.4 is 5.32 Å². The van der Waals surface area contributed by atoms with E-state index >= 15 is 0 Å². The van der Waals surface area contributed by atoms with Gasteiger partial charge in [-0.1, -0.05) is 13.8 Å². The summed E-state index contributed by atoms with van der Waals surface area (Å²) in [5.41, 5.74) is 0. The van der Waals surface area contributed by atoms with Gasteiger partial charge in [-0.05, 0) is 13.8 Å². The zero-order chi connectivity index (χ0) is 9.28. The van der Waals surface area contributed by atoms with Gasteiger partial charge < -0.3 is 15.5 Å². The van der Waals surface area contributed by atoms with E-state index < -0.39 is 0 Å². The van der Waals surface area contributed by atoms with E-state index in [0.29, 0.717) is 13.1 Å². The Bertz CT molecular complexity index is 57.1. The van der Waals surface area contributed by atoms with Crippen molar-refractivity contribution in [3.05, 3.63) is 0 Å². The third-order valence-corrected chi connectivity index (χ3v) is 0.879. The average Bonchev–Trinajstić information content (AvgIpc) is 1.90. The quantitative estimate of drug-likeness (QED) is 0.561. The molecule has 0 heterocycles. The van der Waals surface area contributed by atoms with Gasteiger partial charge in [0.25, 0.3) is 0 Å². The number of hydrogen-bond donors (Lipinski definition) is 3. The van der Waals surface area contributed by atoms with Crippen molar-refractivity contribution >= 4 is 0 Å². The van der Waals surface area contributed by atoms with Gasteiger partial charge in [-0.2, -0.15) is 0 Å². The molecule has 3 N–H and O–H groups in total. The van der Waals surface area contributed by atoms with Gasteiger partial charge in [-0.25, -0.2) is 0 Å². The fraction of sp³-hybridized carbons (Fsp3) is 1.00. The maximum Gasteiger partial charge on any atom is 0.0636 e. The monoisotopic (exact) mass is 163 g/mol. The van der Waals surface area contributed by atoms with Crippen LogP contribution in [0.4, 0.5) is 0 Å². The second-order valence-electron chi connectivity index (χ2n) is 2.36. The van der Waals surface area contributed by atoms with E-state index in [2.05, 4.69) is 5.32 Å². The van der Waals surface area contributed by atoms with Crippen molar-refractivity contribution in [3.63, 3.8) is 0 Å². The molecule has 11 heavy (non-hydrogen) atoms. The number of hydrogen-bond acceptors (Lipinski definition) is 3. The molecule has 3 heteroatoms. The first kappa shape index (κ1) is 13.5. The van der Waals surface area contributed by atoms with E-state index in [1.54, 1.807) is 13.8 Å². The molecule has 0 aliphatic rings. The summed E-state index contributed by atoms with van der Waals surface area (Å²) in [6.07, 6.45) is -0.660. The van der Waals surface area contributed by atoms with Crippen LogP contribution in [0.3, 0.4) is 0 Å². The summed E-state index contributed by atoms with van der Waals surface area (Å²) in [5.74, 6) is 0. The highest BCUT2D eigenvalue weighted by molar-refractivity contribution is 4.55. The maximum absolute atomic E-state index is 8.72. The Labute approximate surface area is 69.4 Å². The van der Waals surface area contributed by atoms with Crippen molar-refractivity contribution in [3.8, 4) is 0 Å². The zero-order valence-corrected chi connectivity index (χ0v) is 7.96. The number of nitrogens with one attached hydrogen (secondary N) is 1.